The monoisotopic (exact) mass is 280 g/mol. The summed E-state index contributed by atoms with van der Waals surface area (Å²) in [4.78, 5) is 23.2. The van der Waals surface area contributed by atoms with Crippen LogP contribution in [0.1, 0.15) is 53.9 Å². The zero-order chi connectivity index (χ0) is 15.1. The fourth-order valence-electron chi connectivity index (χ4n) is 3.26. The normalized spacial score (nSPS) is 33.6. The van der Waals surface area contributed by atoms with Crippen molar-refractivity contribution in [2.75, 3.05) is 0 Å². The summed E-state index contributed by atoms with van der Waals surface area (Å²) in [5, 5.41) is 0. The summed E-state index contributed by atoms with van der Waals surface area (Å²) < 4.78 is 11.3. The van der Waals surface area contributed by atoms with Gasteiger partial charge in [-0.1, -0.05) is 12.5 Å². The van der Waals surface area contributed by atoms with Crippen LogP contribution in [-0.2, 0) is 19.1 Å². The highest BCUT2D eigenvalue weighted by Gasteiger charge is 2.50. The minimum Gasteiger partial charge on any atom is -0.454 e. The third-order valence-electron chi connectivity index (χ3n) is 4.17. The molecule has 0 bridgehead atoms. The van der Waals surface area contributed by atoms with Gasteiger partial charge in [0.1, 0.15) is 0 Å². The lowest BCUT2D eigenvalue weighted by atomic mass is 9.73. The van der Waals surface area contributed by atoms with Crippen LogP contribution in [0.3, 0.4) is 0 Å². The minimum atomic E-state index is -0.662. The molecule has 1 saturated carbocycles. The molecular formula is C16H24O4. The van der Waals surface area contributed by atoms with E-state index in [1.807, 2.05) is 20.8 Å². The molecule has 0 aromatic heterocycles. The van der Waals surface area contributed by atoms with Crippen LogP contribution in [0, 0.1) is 5.41 Å². The van der Waals surface area contributed by atoms with Gasteiger partial charge in [0.25, 0.3) is 0 Å². The topological polar surface area (TPSA) is 52.6 Å². The van der Waals surface area contributed by atoms with Crippen LogP contribution >= 0.6 is 0 Å². The summed E-state index contributed by atoms with van der Waals surface area (Å²) in [6.07, 6.45) is 3.40. The zero-order valence-corrected chi connectivity index (χ0v) is 13.0. The largest absolute Gasteiger partial charge is 0.454 e. The Morgan fingerprint density at radius 3 is 2.60 bits per heavy atom. The first-order valence-corrected chi connectivity index (χ1v) is 7.22. The average Bonchev–Trinajstić information content (AvgIpc) is 2.54. The molecule has 0 aromatic carbocycles. The van der Waals surface area contributed by atoms with E-state index in [-0.39, 0.29) is 22.9 Å². The Labute approximate surface area is 120 Å². The van der Waals surface area contributed by atoms with E-state index in [2.05, 4.69) is 6.92 Å². The molecule has 4 nitrogen and oxygen atoms in total. The van der Waals surface area contributed by atoms with Crippen molar-refractivity contribution >= 4 is 11.8 Å². The molecule has 0 radical (unpaired) electrons. The maximum Gasteiger partial charge on any atom is 0.303 e. The Morgan fingerprint density at radius 1 is 1.40 bits per heavy atom. The SMILES string of the molecule is CC(=O)OC1C[C@@]2(C)C(=CC1=O)CC[C@@H]2OC(C)(C)C. The summed E-state index contributed by atoms with van der Waals surface area (Å²) in [6, 6.07) is 0. The molecule has 0 aliphatic heterocycles. The van der Waals surface area contributed by atoms with E-state index in [9.17, 15) is 9.59 Å². The van der Waals surface area contributed by atoms with Gasteiger partial charge in [0, 0.05) is 18.8 Å². The van der Waals surface area contributed by atoms with Crippen molar-refractivity contribution < 1.29 is 19.1 Å². The lowest BCUT2D eigenvalue weighted by Crippen LogP contribution is -2.44. The minimum absolute atomic E-state index is 0.0694. The highest BCUT2D eigenvalue weighted by atomic mass is 16.5. The Kier molecular flexibility index (Phi) is 3.80. The number of rotatable bonds is 2. The maximum atomic E-state index is 12.0. The van der Waals surface area contributed by atoms with Crippen LogP contribution < -0.4 is 0 Å². The third kappa shape index (κ3) is 2.95. The second-order valence-corrected chi connectivity index (χ2v) is 7.05. The lowest BCUT2D eigenvalue weighted by Gasteiger charge is -2.40. The number of esters is 1. The summed E-state index contributed by atoms with van der Waals surface area (Å²) in [5.41, 5.74) is 0.711. The molecule has 3 atom stereocenters. The maximum absolute atomic E-state index is 12.0. The van der Waals surface area contributed by atoms with Gasteiger partial charge in [0.2, 0.25) is 0 Å². The zero-order valence-electron chi connectivity index (χ0n) is 13.0. The van der Waals surface area contributed by atoms with Crippen LogP contribution in [-0.4, -0.2) is 29.6 Å². The number of hydrogen-bond donors (Lipinski definition) is 0. The van der Waals surface area contributed by atoms with Crippen LogP contribution in [0.15, 0.2) is 11.6 Å². The molecule has 0 saturated heterocycles. The van der Waals surface area contributed by atoms with E-state index < -0.39 is 12.1 Å². The standard InChI is InChI=1S/C16H24O4/c1-10(17)19-13-9-16(5)11(8-12(13)18)6-7-14(16)20-15(2,3)4/h8,13-14H,6-7,9H2,1-5H3/t13?,14-,16-/m0/s1. The predicted molar refractivity (Wildman–Crippen MR) is 75.2 cm³/mol. The number of carbonyl (C=O) groups excluding carboxylic acids is 2. The number of hydrogen-bond acceptors (Lipinski definition) is 4. The van der Waals surface area contributed by atoms with E-state index in [0.717, 1.165) is 18.4 Å². The molecule has 2 rings (SSSR count). The number of ether oxygens (including phenoxy) is 2. The molecule has 0 N–H and O–H groups in total. The molecular weight excluding hydrogens is 256 g/mol. The summed E-state index contributed by atoms with van der Waals surface area (Å²) in [5.74, 6) is -0.501. The van der Waals surface area contributed by atoms with Gasteiger partial charge in [-0.15, -0.1) is 0 Å². The van der Waals surface area contributed by atoms with Crippen molar-refractivity contribution in [3.05, 3.63) is 11.6 Å². The number of fused-ring (bicyclic) bond motifs is 1. The van der Waals surface area contributed by atoms with Gasteiger partial charge in [-0.2, -0.15) is 0 Å². The third-order valence-corrected chi connectivity index (χ3v) is 4.17. The van der Waals surface area contributed by atoms with E-state index in [0.29, 0.717) is 6.42 Å². The lowest BCUT2D eigenvalue weighted by molar-refractivity contribution is -0.157. The second kappa shape index (κ2) is 4.99. The van der Waals surface area contributed by atoms with Crippen LogP contribution in [0.2, 0.25) is 0 Å². The van der Waals surface area contributed by atoms with Crippen molar-refractivity contribution in [2.45, 2.75) is 71.7 Å². The first-order valence-electron chi connectivity index (χ1n) is 7.22. The van der Waals surface area contributed by atoms with Crippen LogP contribution in [0.25, 0.3) is 0 Å². The molecule has 4 heteroatoms. The highest BCUT2D eigenvalue weighted by Crippen LogP contribution is 2.51. The molecule has 2 aliphatic carbocycles. The van der Waals surface area contributed by atoms with Gasteiger partial charge in [-0.3, -0.25) is 9.59 Å². The van der Waals surface area contributed by atoms with E-state index in [1.165, 1.54) is 6.92 Å². The summed E-state index contributed by atoms with van der Waals surface area (Å²) >= 11 is 0. The smallest absolute Gasteiger partial charge is 0.303 e. The summed E-state index contributed by atoms with van der Waals surface area (Å²) in [7, 11) is 0. The van der Waals surface area contributed by atoms with E-state index in [1.54, 1.807) is 6.08 Å². The number of carbonyl (C=O) groups is 2. The average molecular weight is 280 g/mol. The van der Waals surface area contributed by atoms with Crippen molar-refractivity contribution in [3.8, 4) is 0 Å². The van der Waals surface area contributed by atoms with Crippen molar-refractivity contribution in [1.29, 1.82) is 0 Å². The van der Waals surface area contributed by atoms with Crippen LogP contribution in [0.5, 0.6) is 0 Å². The Hall–Kier alpha value is -1.16. The van der Waals surface area contributed by atoms with Gasteiger partial charge in [0.05, 0.1) is 11.7 Å². The van der Waals surface area contributed by atoms with Crippen molar-refractivity contribution in [1.82, 2.24) is 0 Å². The van der Waals surface area contributed by atoms with Crippen molar-refractivity contribution in [2.24, 2.45) is 5.41 Å². The molecule has 0 heterocycles. The summed E-state index contributed by atoms with van der Waals surface area (Å²) in [6.45, 7) is 9.57. The highest BCUT2D eigenvalue weighted by molar-refractivity contribution is 5.96. The van der Waals surface area contributed by atoms with Gasteiger partial charge in [-0.05, 0) is 39.7 Å². The fourth-order valence-corrected chi connectivity index (χ4v) is 3.26. The Morgan fingerprint density at radius 2 is 2.05 bits per heavy atom. The molecule has 0 amide bonds. The Balaban J connectivity index is 2.23. The molecule has 112 valence electrons. The first kappa shape index (κ1) is 15.2. The first-order chi connectivity index (χ1) is 9.12. The quantitative estimate of drug-likeness (QED) is 0.730. The number of ketones is 1. The predicted octanol–water partition coefficient (Wildman–Crippen LogP) is 2.80. The fraction of sp³-hybridized carbons (Fsp3) is 0.750. The molecule has 1 fully saturated rings. The van der Waals surface area contributed by atoms with E-state index in [4.69, 9.17) is 9.47 Å². The second-order valence-electron chi connectivity index (χ2n) is 7.05. The van der Waals surface area contributed by atoms with Gasteiger partial charge < -0.3 is 9.47 Å². The molecule has 20 heavy (non-hydrogen) atoms. The molecule has 1 unspecified atom stereocenters. The molecule has 0 aromatic rings. The van der Waals surface area contributed by atoms with Crippen molar-refractivity contribution in [3.63, 3.8) is 0 Å². The molecule has 0 spiro atoms. The van der Waals surface area contributed by atoms with E-state index >= 15 is 0 Å². The van der Waals surface area contributed by atoms with Gasteiger partial charge >= 0.3 is 5.97 Å². The van der Waals surface area contributed by atoms with Gasteiger partial charge in [-0.25, -0.2) is 0 Å². The van der Waals surface area contributed by atoms with Crippen LogP contribution in [0.4, 0.5) is 0 Å². The molecule has 2 aliphatic rings. The van der Waals surface area contributed by atoms with Gasteiger partial charge in [0.15, 0.2) is 11.9 Å². The Bertz CT molecular complexity index is 458.